The van der Waals surface area contributed by atoms with E-state index in [9.17, 15) is 9.59 Å². The molecule has 6 heteroatoms. The van der Waals surface area contributed by atoms with Crippen LogP contribution in [0.25, 0.3) is 0 Å². The van der Waals surface area contributed by atoms with E-state index in [1.807, 2.05) is 43.3 Å². The minimum atomic E-state index is -0.370. The van der Waals surface area contributed by atoms with Crippen molar-refractivity contribution in [1.29, 1.82) is 0 Å². The number of anilines is 1. The maximum absolute atomic E-state index is 12.5. The molecular weight excluding hydrogens is 318 g/mol. The number of hydrogen-bond donors (Lipinski definition) is 1. The van der Waals surface area contributed by atoms with Crippen LogP contribution in [0.2, 0.25) is 0 Å². The third-order valence-electron chi connectivity index (χ3n) is 4.35. The molecule has 0 bridgehead atoms. The molecule has 0 saturated carbocycles. The molecule has 2 aromatic rings. The summed E-state index contributed by atoms with van der Waals surface area (Å²) in [7, 11) is 1.58. The Balaban J connectivity index is 1.66. The van der Waals surface area contributed by atoms with Gasteiger partial charge in [-0.2, -0.15) is 0 Å². The van der Waals surface area contributed by atoms with Gasteiger partial charge in [0, 0.05) is 30.9 Å². The Hall–Kier alpha value is -2.89. The first-order valence-corrected chi connectivity index (χ1v) is 8.24. The van der Waals surface area contributed by atoms with Crippen molar-refractivity contribution in [3.8, 4) is 5.75 Å². The molecule has 1 fully saturated rings. The Morgan fingerprint density at radius 3 is 2.88 bits per heavy atom. The average molecular weight is 339 g/mol. The molecule has 2 heterocycles. The number of aromatic nitrogens is 1. The number of pyridine rings is 1. The van der Waals surface area contributed by atoms with Crippen molar-refractivity contribution in [2.45, 2.75) is 19.4 Å². The molecule has 3 rings (SSSR count). The zero-order valence-corrected chi connectivity index (χ0v) is 14.3. The number of carbonyl (C=O) groups is 2. The molecular formula is C19H21N3O3. The number of nitrogens with one attached hydrogen (secondary N) is 1. The summed E-state index contributed by atoms with van der Waals surface area (Å²) in [6, 6.07) is 12.7. The van der Waals surface area contributed by atoms with Crippen LogP contribution < -0.4 is 15.0 Å². The highest BCUT2D eigenvalue weighted by molar-refractivity contribution is 6.00. The highest BCUT2D eigenvalue weighted by Crippen LogP contribution is 2.28. The normalized spacial score (nSPS) is 18.1. The van der Waals surface area contributed by atoms with Crippen molar-refractivity contribution in [3.05, 3.63) is 54.4 Å². The van der Waals surface area contributed by atoms with E-state index in [2.05, 4.69) is 10.3 Å². The Labute approximate surface area is 146 Å². The summed E-state index contributed by atoms with van der Waals surface area (Å²) < 4.78 is 5.20. The van der Waals surface area contributed by atoms with Crippen LogP contribution in [-0.2, 0) is 9.59 Å². The average Bonchev–Trinajstić information content (AvgIpc) is 3.04. The first-order valence-electron chi connectivity index (χ1n) is 8.24. The maximum atomic E-state index is 12.5. The van der Waals surface area contributed by atoms with Gasteiger partial charge in [-0.25, -0.2) is 0 Å². The maximum Gasteiger partial charge on any atom is 0.227 e. The first-order chi connectivity index (χ1) is 12.1. The second-order valence-electron chi connectivity index (χ2n) is 6.09. The molecule has 0 radical (unpaired) electrons. The summed E-state index contributed by atoms with van der Waals surface area (Å²) in [6.07, 6.45) is 1.90. The lowest BCUT2D eigenvalue weighted by atomic mass is 10.1. The summed E-state index contributed by atoms with van der Waals surface area (Å²) in [4.78, 5) is 30.8. The van der Waals surface area contributed by atoms with Gasteiger partial charge in [0.05, 0.1) is 24.8 Å². The molecule has 1 aromatic carbocycles. The molecule has 130 valence electrons. The topological polar surface area (TPSA) is 71.5 Å². The van der Waals surface area contributed by atoms with Gasteiger partial charge in [-0.3, -0.25) is 14.6 Å². The largest absolute Gasteiger partial charge is 0.497 e. The number of rotatable bonds is 5. The lowest BCUT2D eigenvalue weighted by molar-refractivity contribution is -0.126. The van der Waals surface area contributed by atoms with Crippen molar-refractivity contribution in [1.82, 2.24) is 10.3 Å². The predicted octanol–water partition coefficient (Wildman–Crippen LogP) is 2.32. The van der Waals surface area contributed by atoms with Gasteiger partial charge in [0.25, 0.3) is 0 Å². The van der Waals surface area contributed by atoms with Crippen molar-refractivity contribution in [3.63, 3.8) is 0 Å². The van der Waals surface area contributed by atoms with Crippen LogP contribution in [0.15, 0.2) is 48.7 Å². The molecule has 0 aliphatic carbocycles. The summed E-state index contributed by atoms with van der Waals surface area (Å²) in [5.41, 5.74) is 1.54. The van der Waals surface area contributed by atoms with E-state index in [0.29, 0.717) is 12.3 Å². The number of nitrogens with zero attached hydrogens (tertiary/aromatic N) is 2. The fourth-order valence-corrected chi connectivity index (χ4v) is 2.95. The van der Waals surface area contributed by atoms with Gasteiger partial charge in [0.15, 0.2) is 0 Å². The number of ether oxygens (including phenoxy) is 1. The van der Waals surface area contributed by atoms with Crippen molar-refractivity contribution in [2.24, 2.45) is 5.92 Å². The van der Waals surface area contributed by atoms with Gasteiger partial charge >= 0.3 is 0 Å². The summed E-state index contributed by atoms with van der Waals surface area (Å²) in [6.45, 7) is 2.25. The summed E-state index contributed by atoms with van der Waals surface area (Å²) in [5.74, 6) is 0.127. The molecule has 6 nitrogen and oxygen atoms in total. The molecule has 1 aliphatic rings. The Bertz CT molecular complexity index is 764. The quantitative estimate of drug-likeness (QED) is 0.907. The standard InChI is InChI=1S/C19H21N3O3/c1-13(17-8-3-4-9-20-17)21-19(24)14-10-18(23)22(12-14)15-6-5-7-16(11-15)25-2/h3-9,11,13-14H,10,12H2,1-2H3,(H,21,24)/t13-,14+/m0/s1. The molecule has 2 atom stereocenters. The highest BCUT2D eigenvalue weighted by Gasteiger charge is 2.35. The summed E-state index contributed by atoms with van der Waals surface area (Å²) in [5, 5.41) is 2.95. The predicted molar refractivity (Wildman–Crippen MR) is 94.2 cm³/mol. The van der Waals surface area contributed by atoms with Crippen LogP contribution in [0.5, 0.6) is 5.75 Å². The molecule has 0 spiro atoms. The fourth-order valence-electron chi connectivity index (χ4n) is 2.95. The molecule has 1 saturated heterocycles. The van der Waals surface area contributed by atoms with E-state index >= 15 is 0 Å². The molecule has 2 amide bonds. The fraction of sp³-hybridized carbons (Fsp3) is 0.316. The molecule has 1 N–H and O–H groups in total. The van der Waals surface area contributed by atoms with E-state index < -0.39 is 0 Å². The number of benzene rings is 1. The van der Waals surface area contributed by atoms with E-state index in [1.54, 1.807) is 24.3 Å². The van der Waals surface area contributed by atoms with Gasteiger partial charge in [0.2, 0.25) is 11.8 Å². The molecule has 1 aliphatic heterocycles. The zero-order chi connectivity index (χ0) is 17.8. The monoisotopic (exact) mass is 339 g/mol. The highest BCUT2D eigenvalue weighted by atomic mass is 16.5. The van der Waals surface area contributed by atoms with Gasteiger partial charge in [0.1, 0.15) is 5.75 Å². The molecule has 25 heavy (non-hydrogen) atoms. The van der Waals surface area contributed by atoms with E-state index in [1.165, 1.54) is 0 Å². The van der Waals surface area contributed by atoms with Crippen LogP contribution >= 0.6 is 0 Å². The minimum Gasteiger partial charge on any atom is -0.497 e. The SMILES string of the molecule is COc1cccc(N2C[C@H](C(=O)N[C@@H](C)c3ccccn3)CC2=O)c1. The third-order valence-corrected chi connectivity index (χ3v) is 4.35. The smallest absolute Gasteiger partial charge is 0.227 e. The Kier molecular flexibility index (Phi) is 4.97. The first kappa shape index (κ1) is 17.0. The van der Waals surface area contributed by atoms with Gasteiger partial charge in [-0.15, -0.1) is 0 Å². The van der Waals surface area contributed by atoms with Crippen LogP contribution in [0.4, 0.5) is 5.69 Å². The van der Waals surface area contributed by atoms with E-state index in [0.717, 1.165) is 11.4 Å². The number of amides is 2. The number of methoxy groups -OCH3 is 1. The van der Waals surface area contributed by atoms with Gasteiger partial charge < -0.3 is 15.0 Å². The van der Waals surface area contributed by atoms with Gasteiger partial charge in [-0.05, 0) is 31.2 Å². The van der Waals surface area contributed by atoms with Crippen molar-refractivity contribution >= 4 is 17.5 Å². The molecule has 1 aromatic heterocycles. The van der Waals surface area contributed by atoms with Crippen LogP contribution in [-0.4, -0.2) is 30.5 Å². The lowest BCUT2D eigenvalue weighted by Gasteiger charge is -2.19. The van der Waals surface area contributed by atoms with Gasteiger partial charge in [-0.1, -0.05) is 12.1 Å². The number of hydrogen-bond acceptors (Lipinski definition) is 4. The summed E-state index contributed by atoms with van der Waals surface area (Å²) >= 11 is 0. The van der Waals surface area contributed by atoms with E-state index in [4.69, 9.17) is 4.74 Å². The lowest BCUT2D eigenvalue weighted by Crippen LogP contribution is -2.34. The third kappa shape index (κ3) is 3.79. The zero-order valence-electron chi connectivity index (χ0n) is 14.3. The van der Waals surface area contributed by atoms with E-state index in [-0.39, 0.29) is 30.2 Å². The van der Waals surface area contributed by atoms with Crippen LogP contribution in [0, 0.1) is 5.92 Å². The minimum absolute atomic E-state index is 0.0566. The Morgan fingerprint density at radius 2 is 2.16 bits per heavy atom. The van der Waals surface area contributed by atoms with Crippen LogP contribution in [0.3, 0.4) is 0 Å². The Morgan fingerprint density at radius 1 is 1.32 bits per heavy atom. The van der Waals surface area contributed by atoms with Crippen LogP contribution in [0.1, 0.15) is 25.1 Å². The van der Waals surface area contributed by atoms with Crippen molar-refractivity contribution in [2.75, 3.05) is 18.6 Å². The number of carbonyl (C=O) groups excluding carboxylic acids is 2. The second-order valence-corrected chi connectivity index (χ2v) is 6.09. The van der Waals surface area contributed by atoms with Crippen molar-refractivity contribution < 1.29 is 14.3 Å². The molecule has 0 unspecified atom stereocenters. The second kappa shape index (κ2) is 7.34.